The maximum atomic E-state index is 10.7. The van der Waals surface area contributed by atoms with E-state index in [0.29, 0.717) is 23.7 Å². The summed E-state index contributed by atoms with van der Waals surface area (Å²) in [6.07, 6.45) is 10.2. The number of methoxy groups -OCH3 is 2. The molecule has 0 fully saturated rings. The fourth-order valence-corrected chi connectivity index (χ4v) is 2.41. The minimum absolute atomic E-state index is 0.0873. The molecular weight excluding hydrogens is 328 g/mol. The van der Waals surface area contributed by atoms with E-state index in [4.69, 9.17) is 0 Å². The third-order valence-corrected chi connectivity index (χ3v) is 4.07. The largest absolute Gasteiger partial charge is 0.469 e. The first-order valence-electron chi connectivity index (χ1n) is 10.0. The van der Waals surface area contributed by atoms with Gasteiger partial charge in [-0.1, -0.05) is 67.2 Å². The summed E-state index contributed by atoms with van der Waals surface area (Å²) in [5, 5.41) is 0. The predicted octanol–water partition coefficient (Wildman–Crippen LogP) is 6.31. The molecule has 0 unspecified atom stereocenters. The van der Waals surface area contributed by atoms with Gasteiger partial charge in [0.25, 0.3) is 0 Å². The Hall–Kier alpha value is -1.06. The van der Waals surface area contributed by atoms with Crippen molar-refractivity contribution in [3.8, 4) is 0 Å². The van der Waals surface area contributed by atoms with Crippen LogP contribution in [-0.2, 0) is 19.1 Å². The molecule has 0 saturated heterocycles. The van der Waals surface area contributed by atoms with Crippen LogP contribution in [-0.4, -0.2) is 26.2 Å². The molecule has 0 rings (SSSR count). The van der Waals surface area contributed by atoms with Crippen LogP contribution in [0.15, 0.2) is 0 Å². The zero-order chi connectivity index (χ0) is 20.6. The van der Waals surface area contributed by atoms with Crippen LogP contribution in [0, 0.1) is 10.8 Å². The van der Waals surface area contributed by atoms with Crippen molar-refractivity contribution in [2.45, 2.75) is 106 Å². The lowest BCUT2D eigenvalue weighted by Gasteiger charge is -2.17. The second-order valence-electron chi connectivity index (χ2n) is 9.39. The lowest BCUT2D eigenvalue weighted by Crippen LogP contribution is -2.04. The Morgan fingerprint density at radius 3 is 1.12 bits per heavy atom. The first kappa shape index (κ1) is 27.2. The number of rotatable bonds is 10. The number of esters is 2. The Morgan fingerprint density at radius 1 is 0.577 bits per heavy atom. The van der Waals surface area contributed by atoms with E-state index in [2.05, 4.69) is 51.0 Å². The monoisotopic (exact) mass is 372 g/mol. The van der Waals surface area contributed by atoms with Crippen molar-refractivity contribution < 1.29 is 19.1 Å². The van der Waals surface area contributed by atoms with E-state index < -0.39 is 0 Å². The fraction of sp³-hybridized carbons (Fsp3) is 0.909. The molecule has 0 saturated carbocycles. The van der Waals surface area contributed by atoms with Crippen LogP contribution in [0.2, 0.25) is 0 Å². The van der Waals surface area contributed by atoms with Gasteiger partial charge in [0.2, 0.25) is 0 Å². The molecule has 0 aromatic heterocycles. The van der Waals surface area contributed by atoms with Crippen molar-refractivity contribution in [2.24, 2.45) is 10.8 Å². The Labute approximate surface area is 162 Å². The molecule has 0 aromatic rings. The quantitative estimate of drug-likeness (QED) is 0.333. The van der Waals surface area contributed by atoms with Gasteiger partial charge in [0, 0.05) is 12.8 Å². The molecule has 0 heterocycles. The highest BCUT2D eigenvalue weighted by molar-refractivity contribution is 5.69. The SMILES string of the molecule is COC(=O)CCCCCC(C)(C)C.COC(=O)CCCCCC(C)(C)C. The first-order chi connectivity index (χ1) is 11.9. The summed E-state index contributed by atoms with van der Waals surface area (Å²) in [5.74, 6) is -0.175. The van der Waals surface area contributed by atoms with Crippen LogP contribution in [0.1, 0.15) is 106 Å². The summed E-state index contributed by atoms with van der Waals surface area (Å²) >= 11 is 0. The molecule has 0 atom stereocenters. The molecule has 4 heteroatoms. The summed E-state index contributed by atoms with van der Waals surface area (Å²) in [5.41, 5.74) is 0.844. The summed E-state index contributed by atoms with van der Waals surface area (Å²) in [6.45, 7) is 13.5. The maximum absolute atomic E-state index is 10.7. The minimum atomic E-state index is -0.0873. The van der Waals surface area contributed by atoms with E-state index in [1.807, 2.05) is 0 Å². The van der Waals surface area contributed by atoms with Crippen molar-refractivity contribution >= 4 is 11.9 Å². The van der Waals surface area contributed by atoms with E-state index in [1.165, 1.54) is 39.9 Å². The molecule has 0 amide bonds. The number of hydrogen-bond donors (Lipinski definition) is 0. The van der Waals surface area contributed by atoms with Crippen LogP contribution >= 0.6 is 0 Å². The zero-order valence-corrected chi connectivity index (χ0v) is 18.7. The van der Waals surface area contributed by atoms with Gasteiger partial charge >= 0.3 is 11.9 Å². The molecule has 0 N–H and O–H groups in total. The van der Waals surface area contributed by atoms with Crippen molar-refractivity contribution in [3.63, 3.8) is 0 Å². The molecule has 0 aliphatic heterocycles. The number of carbonyl (C=O) groups excluding carboxylic acids is 2. The van der Waals surface area contributed by atoms with Crippen LogP contribution in [0.4, 0.5) is 0 Å². The molecule has 0 aromatic carbocycles. The standard InChI is InChI=1S/2C11H22O2/c2*1-11(2,3)9-7-5-6-8-10(12)13-4/h2*5-9H2,1-4H3. The van der Waals surface area contributed by atoms with E-state index in [1.54, 1.807) is 0 Å². The summed E-state index contributed by atoms with van der Waals surface area (Å²) in [6, 6.07) is 0. The van der Waals surface area contributed by atoms with Gasteiger partial charge in [-0.05, 0) is 36.5 Å². The lowest BCUT2D eigenvalue weighted by atomic mass is 9.89. The van der Waals surface area contributed by atoms with E-state index in [9.17, 15) is 9.59 Å². The Morgan fingerprint density at radius 2 is 0.885 bits per heavy atom. The number of carbonyl (C=O) groups is 2. The molecule has 0 aliphatic carbocycles. The highest BCUT2D eigenvalue weighted by Gasteiger charge is 2.10. The average Bonchev–Trinajstić information content (AvgIpc) is 2.52. The number of unbranched alkanes of at least 4 members (excludes halogenated alkanes) is 4. The molecule has 26 heavy (non-hydrogen) atoms. The van der Waals surface area contributed by atoms with Gasteiger partial charge in [-0.15, -0.1) is 0 Å². The van der Waals surface area contributed by atoms with Crippen molar-refractivity contribution in [3.05, 3.63) is 0 Å². The smallest absolute Gasteiger partial charge is 0.305 e. The van der Waals surface area contributed by atoms with E-state index >= 15 is 0 Å². The lowest BCUT2D eigenvalue weighted by molar-refractivity contribution is -0.141. The maximum Gasteiger partial charge on any atom is 0.305 e. The van der Waals surface area contributed by atoms with Crippen LogP contribution in [0.5, 0.6) is 0 Å². The molecule has 4 nitrogen and oxygen atoms in total. The van der Waals surface area contributed by atoms with Crippen molar-refractivity contribution in [2.75, 3.05) is 14.2 Å². The van der Waals surface area contributed by atoms with E-state index in [-0.39, 0.29) is 11.9 Å². The molecule has 0 aliphatic rings. The summed E-state index contributed by atoms with van der Waals surface area (Å²) in [4.78, 5) is 21.5. The number of hydrogen-bond acceptors (Lipinski definition) is 4. The zero-order valence-electron chi connectivity index (χ0n) is 18.7. The molecular formula is C22H44O4. The summed E-state index contributed by atoms with van der Waals surface area (Å²) < 4.78 is 9.12. The average molecular weight is 373 g/mol. The third kappa shape index (κ3) is 25.2. The van der Waals surface area contributed by atoms with Gasteiger partial charge in [-0.2, -0.15) is 0 Å². The fourth-order valence-electron chi connectivity index (χ4n) is 2.41. The second kappa shape index (κ2) is 15.0. The van der Waals surface area contributed by atoms with Crippen molar-refractivity contribution in [1.29, 1.82) is 0 Å². The summed E-state index contributed by atoms with van der Waals surface area (Å²) in [7, 11) is 2.88. The van der Waals surface area contributed by atoms with Gasteiger partial charge in [-0.3, -0.25) is 9.59 Å². The highest BCUT2D eigenvalue weighted by atomic mass is 16.5. The first-order valence-corrected chi connectivity index (χ1v) is 10.0. The van der Waals surface area contributed by atoms with Crippen LogP contribution in [0.3, 0.4) is 0 Å². The van der Waals surface area contributed by atoms with Gasteiger partial charge in [0.15, 0.2) is 0 Å². The van der Waals surface area contributed by atoms with Gasteiger partial charge in [0.05, 0.1) is 14.2 Å². The van der Waals surface area contributed by atoms with Gasteiger partial charge in [0.1, 0.15) is 0 Å². The molecule has 0 spiro atoms. The Balaban J connectivity index is 0. The minimum Gasteiger partial charge on any atom is -0.469 e. The second-order valence-corrected chi connectivity index (χ2v) is 9.39. The third-order valence-electron chi connectivity index (χ3n) is 4.07. The Kier molecular flexibility index (Phi) is 15.7. The molecule has 0 radical (unpaired) electrons. The topological polar surface area (TPSA) is 52.6 Å². The highest BCUT2D eigenvalue weighted by Crippen LogP contribution is 2.23. The van der Waals surface area contributed by atoms with Crippen LogP contribution < -0.4 is 0 Å². The molecule has 0 bridgehead atoms. The van der Waals surface area contributed by atoms with Crippen LogP contribution in [0.25, 0.3) is 0 Å². The van der Waals surface area contributed by atoms with Gasteiger partial charge < -0.3 is 9.47 Å². The van der Waals surface area contributed by atoms with E-state index in [0.717, 1.165) is 25.7 Å². The number of ether oxygens (including phenoxy) is 2. The Bertz CT molecular complexity index is 325. The normalized spacial score (nSPS) is 11.4. The predicted molar refractivity (Wildman–Crippen MR) is 109 cm³/mol. The van der Waals surface area contributed by atoms with Gasteiger partial charge in [-0.25, -0.2) is 0 Å². The van der Waals surface area contributed by atoms with Crippen molar-refractivity contribution in [1.82, 2.24) is 0 Å². The molecule has 156 valence electrons.